The van der Waals surface area contributed by atoms with Crippen molar-refractivity contribution >= 4 is 23.0 Å². The topological polar surface area (TPSA) is 59.9 Å². The van der Waals surface area contributed by atoms with Crippen molar-refractivity contribution in [2.24, 2.45) is 23.2 Å². The average molecular weight is 577 g/mol. The lowest BCUT2D eigenvalue weighted by Crippen LogP contribution is -2.48. The number of likely N-dealkylation sites (N-methyl/N-ethyl adjacent to an activating group) is 1. The van der Waals surface area contributed by atoms with Crippen molar-refractivity contribution in [3.8, 4) is 10.6 Å². The molecule has 0 bridgehead atoms. The number of carbonyl (C=O) groups is 1. The second kappa shape index (κ2) is 15.8. The van der Waals surface area contributed by atoms with Crippen LogP contribution in [0.15, 0.2) is 24.4 Å². The highest BCUT2D eigenvalue weighted by Crippen LogP contribution is 2.36. The van der Waals surface area contributed by atoms with E-state index in [1.807, 2.05) is 19.1 Å². The number of nitrogens with zero attached hydrogens (tertiary/aromatic N) is 4. The van der Waals surface area contributed by atoms with E-state index in [-0.39, 0.29) is 5.82 Å². The lowest BCUT2D eigenvalue weighted by molar-refractivity contribution is -0.152. The largest absolute Gasteiger partial charge is 0.481 e. The molecule has 0 spiro atoms. The molecule has 0 saturated carbocycles. The fourth-order valence-electron chi connectivity index (χ4n) is 4.84. The second-order valence-electron chi connectivity index (χ2n) is 13.0. The number of aromatic nitrogens is 1. The number of halogens is 1. The van der Waals surface area contributed by atoms with Gasteiger partial charge in [0, 0.05) is 68.1 Å². The van der Waals surface area contributed by atoms with Crippen molar-refractivity contribution in [2.45, 2.75) is 74.8 Å². The summed E-state index contributed by atoms with van der Waals surface area (Å²) in [7, 11) is 2.12. The molecular weight excluding hydrogens is 523 g/mol. The van der Waals surface area contributed by atoms with E-state index in [0.717, 1.165) is 55.1 Å². The molecule has 4 rings (SSSR count). The Bertz CT molecular complexity index is 1050. The molecule has 1 N–H and O–H groups in total. The molecule has 226 valence electrons. The first kappa shape index (κ1) is 34.2. The fourth-order valence-corrected chi connectivity index (χ4v) is 5.81. The van der Waals surface area contributed by atoms with Crippen LogP contribution >= 0.6 is 11.3 Å². The van der Waals surface area contributed by atoms with Gasteiger partial charge in [0.1, 0.15) is 10.8 Å². The van der Waals surface area contributed by atoms with E-state index in [2.05, 4.69) is 75.2 Å². The van der Waals surface area contributed by atoms with Crippen LogP contribution in [-0.4, -0.2) is 72.2 Å². The minimum atomic E-state index is -0.739. The Morgan fingerprint density at radius 1 is 1.18 bits per heavy atom. The summed E-state index contributed by atoms with van der Waals surface area (Å²) in [5.74, 6) is 1.04. The van der Waals surface area contributed by atoms with Gasteiger partial charge in [0.2, 0.25) is 0 Å². The third-order valence-corrected chi connectivity index (χ3v) is 8.27. The van der Waals surface area contributed by atoms with Crippen molar-refractivity contribution in [3.63, 3.8) is 0 Å². The summed E-state index contributed by atoms with van der Waals surface area (Å²) in [5, 5.41) is 10.3. The Kier molecular flexibility index (Phi) is 13.5. The molecule has 2 aromatic rings. The summed E-state index contributed by atoms with van der Waals surface area (Å²) < 4.78 is 14.7. The Morgan fingerprint density at radius 3 is 2.33 bits per heavy atom. The van der Waals surface area contributed by atoms with Gasteiger partial charge in [0.05, 0.1) is 5.41 Å². The molecule has 8 heteroatoms. The molecule has 40 heavy (non-hydrogen) atoms. The number of carboxylic acid groups (broad SMARTS) is 1. The van der Waals surface area contributed by atoms with Gasteiger partial charge in [-0.15, -0.1) is 11.3 Å². The van der Waals surface area contributed by atoms with E-state index in [0.29, 0.717) is 36.0 Å². The molecule has 0 radical (unpaired) electrons. The van der Waals surface area contributed by atoms with Crippen molar-refractivity contribution in [1.82, 2.24) is 14.8 Å². The van der Waals surface area contributed by atoms with Crippen LogP contribution in [0.3, 0.4) is 0 Å². The van der Waals surface area contributed by atoms with Crippen LogP contribution in [0.4, 0.5) is 10.1 Å². The normalized spacial score (nSPS) is 22.0. The molecule has 1 aromatic carbocycles. The molecule has 1 aromatic heterocycles. The van der Waals surface area contributed by atoms with Crippen LogP contribution in [0, 0.1) is 29.0 Å². The van der Waals surface area contributed by atoms with Gasteiger partial charge in [-0.3, -0.25) is 9.69 Å². The van der Waals surface area contributed by atoms with E-state index >= 15 is 0 Å². The van der Waals surface area contributed by atoms with Crippen LogP contribution in [0.1, 0.15) is 73.1 Å². The summed E-state index contributed by atoms with van der Waals surface area (Å²) in [5.41, 5.74) is 0.840. The maximum absolute atomic E-state index is 14.7. The maximum Gasteiger partial charge on any atom is 0.310 e. The highest BCUT2D eigenvalue weighted by Gasteiger charge is 2.40. The first-order chi connectivity index (χ1) is 18.7. The van der Waals surface area contributed by atoms with Gasteiger partial charge in [-0.2, -0.15) is 0 Å². The zero-order valence-electron chi connectivity index (χ0n) is 26.3. The SMILES string of the molecule is CC(C)C.CC1CN(Cc2cnc(-c3cc(N4CCN(C)CC4)ccc3F)s2)C[C@](C)(C(=O)O)C1.CCC(C)C. The number of likely N-dealkylation sites (tertiary alicyclic amines) is 1. The summed E-state index contributed by atoms with van der Waals surface area (Å²) in [6.07, 6.45) is 3.80. The Balaban J connectivity index is 0.000000543. The molecular formula is C32H53FN4O2S. The van der Waals surface area contributed by atoms with Gasteiger partial charge >= 0.3 is 5.97 Å². The summed E-state index contributed by atoms with van der Waals surface area (Å²) >= 11 is 1.49. The number of piperazine rings is 1. The lowest BCUT2D eigenvalue weighted by atomic mass is 9.77. The van der Waals surface area contributed by atoms with E-state index in [1.54, 1.807) is 6.20 Å². The van der Waals surface area contributed by atoms with Crippen LogP contribution in [0.25, 0.3) is 10.6 Å². The molecule has 2 aliphatic rings. The Hall–Kier alpha value is -2.03. The fraction of sp³-hybridized carbons (Fsp3) is 0.688. The van der Waals surface area contributed by atoms with Gasteiger partial charge in [0.15, 0.2) is 0 Å². The zero-order valence-corrected chi connectivity index (χ0v) is 27.2. The smallest absolute Gasteiger partial charge is 0.310 e. The van der Waals surface area contributed by atoms with Crippen molar-refractivity contribution in [3.05, 3.63) is 35.1 Å². The summed E-state index contributed by atoms with van der Waals surface area (Å²) in [6, 6.07) is 5.29. The van der Waals surface area contributed by atoms with E-state index < -0.39 is 11.4 Å². The highest BCUT2D eigenvalue weighted by molar-refractivity contribution is 7.15. The minimum absolute atomic E-state index is 0.260. The quantitative estimate of drug-likeness (QED) is 0.388. The van der Waals surface area contributed by atoms with Gasteiger partial charge < -0.3 is 14.9 Å². The van der Waals surface area contributed by atoms with Gasteiger partial charge in [0.25, 0.3) is 0 Å². The number of thiazole rings is 1. The molecule has 0 amide bonds. The second-order valence-corrected chi connectivity index (χ2v) is 14.1. The number of anilines is 1. The summed E-state index contributed by atoms with van der Waals surface area (Å²) in [4.78, 5) is 24.1. The number of aliphatic carboxylic acids is 1. The Labute approximate surface area is 246 Å². The van der Waals surface area contributed by atoms with Gasteiger partial charge in [-0.05, 0) is 56.3 Å². The number of carboxylic acids is 1. The third kappa shape index (κ3) is 10.7. The number of benzene rings is 1. The Morgan fingerprint density at radius 2 is 1.77 bits per heavy atom. The standard InChI is InChI=1S/C23H31FN4O2S.C5H12.C4H10/c1-16-11-23(2,22(29)30)15-27(13-16)14-18-12-25-21(31-18)19-10-17(4-5-20(19)24)28-8-6-26(3)7-9-28;1-4-5(2)3;1-4(2)3/h4-5,10,12,16H,6-9,11,13-15H2,1-3H3,(H,29,30);5H,4H2,1-3H3;4H,1-3H3/t16?,23-;;/m1../s1. The van der Waals surface area contributed by atoms with Crippen LogP contribution in [0.5, 0.6) is 0 Å². The predicted octanol–water partition coefficient (Wildman–Crippen LogP) is 7.35. The molecule has 2 aliphatic heterocycles. The molecule has 2 fully saturated rings. The zero-order chi connectivity index (χ0) is 30.0. The molecule has 3 heterocycles. The van der Waals surface area contributed by atoms with E-state index in [4.69, 9.17) is 0 Å². The molecule has 6 nitrogen and oxygen atoms in total. The maximum atomic E-state index is 14.7. The monoisotopic (exact) mass is 576 g/mol. The van der Waals surface area contributed by atoms with E-state index in [1.165, 1.54) is 23.8 Å². The number of rotatable bonds is 6. The highest BCUT2D eigenvalue weighted by atomic mass is 32.1. The lowest BCUT2D eigenvalue weighted by Gasteiger charge is -2.40. The summed E-state index contributed by atoms with van der Waals surface area (Å²) in [6.45, 7) is 23.0. The van der Waals surface area contributed by atoms with Gasteiger partial charge in [-0.1, -0.05) is 54.9 Å². The number of hydrogen-bond acceptors (Lipinski definition) is 6. The molecule has 0 aliphatic carbocycles. The number of hydrogen-bond donors (Lipinski definition) is 1. The van der Waals surface area contributed by atoms with Gasteiger partial charge in [-0.25, -0.2) is 9.37 Å². The van der Waals surface area contributed by atoms with Crippen LogP contribution in [-0.2, 0) is 11.3 Å². The predicted molar refractivity (Wildman–Crippen MR) is 168 cm³/mol. The average Bonchev–Trinajstić information content (AvgIpc) is 3.32. The van der Waals surface area contributed by atoms with Crippen LogP contribution in [0.2, 0.25) is 0 Å². The first-order valence-corrected chi connectivity index (χ1v) is 15.7. The number of piperidine rings is 1. The molecule has 1 unspecified atom stereocenters. The van der Waals surface area contributed by atoms with Crippen molar-refractivity contribution in [1.29, 1.82) is 0 Å². The molecule has 2 atom stereocenters. The van der Waals surface area contributed by atoms with E-state index in [9.17, 15) is 14.3 Å². The molecule has 2 saturated heterocycles. The third-order valence-electron chi connectivity index (χ3n) is 7.26. The van der Waals surface area contributed by atoms with Crippen LogP contribution < -0.4 is 4.90 Å². The first-order valence-electron chi connectivity index (χ1n) is 14.9. The minimum Gasteiger partial charge on any atom is -0.481 e. The van der Waals surface area contributed by atoms with Crippen molar-refractivity contribution in [2.75, 3.05) is 51.2 Å². The van der Waals surface area contributed by atoms with Crippen molar-refractivity contribution < 1.29 is 14.3 Å².